The summed E-state index contributed by atoms with van der Waals surface area (Å²) in [5.74, 6) is 0.529. The molecule has 4 nitrogen and oxygen atoms in total. The lowest BCUT2D eigenvalue weighted by Crippen LogP contribution is -2.51. The standard InChI is InChI=1S/C10H20N2O2/c1-8(2)9(11-3)10(13)12-4-6-14-7-5-12/h8-9,11H,4-7H2,1-3H3. The summed E-state index contributed by atoms with van der Waals surface area (Å²) in [6.45, 7) is 6.90. The van der Waals surface area contributed by atoms with E-state index in [1.165, 1.54) is 0 Å². The summed E-state index contributed by atoms with van der Waals surface area (Å²) in [7, 11) is 1.84. The Kier molecular flexibility index (Phi) is 4.35. The number of hydrogen-bond donors (Lipinski definition) is 1. The minimum Gasteiger partial charge on any atom is -0.378 e. The second-order valence-electron chi connectivity index (χ2n) is 3.95. The maximum atomic E-state index is 12.0. The fraction of sp³-hybridized carbons (Fsp3) is 0.900. The van der Waals surface area contributed by atoms with Gasteiger partial charge in [-0.15, -0.1) is 0 Å². The van der Waals surface area contributed by atoms with Crippen LogP contribution in [0.4, 0.5) is 0 Å². The third-order valence-corrected chi connectivity index (χ3v) is 2.57. The summed E-state index contributed by atoms with van der Waals surface area (Å²) >= 11 is 0. The van der Waals surface area contributed by atoms with E-state index in [0.717, 1.165) is 13.1 Å². The van der Waals surface area contributed by atoms with Gasteiger partial charge in [-0.25, -0.2) is 0 Å². The van der Waals surface area contributed by atoms with Crippen LogP contribution in [0.15, 0.2) is 0 Å². The zero-order chi connectivity index (χ0) is 10.6. The number of amides is 1. The molecule has 0 aromatic heterocycles. The van der Waals surface area contributed by atoms with Gasteiger partial charge < -0.3 is 15.0 Å². The van der Waals surface area contributed by atoms with Crippen LogP contribution in [0.3, 0.4) is 0 Å². The fourth-order valence-electron chi connectivity index (χ4n) is 1.72. The molecule has 0 saturated carbocycles. The highest BCUT2D eigenvalue weighted by molar-refractivity contribution is 5.82. The number of nitrogens with one attached hydrogen (secondary N) is 1. The molecule has 1 unspecified atom stereocenters. The van der Waals surface area contributed by atoms with Gasteiger partial charge >= 0.3 is 0 Å². The van der Waals surface area contributed by atoms with Crippen molar-refractivity contribution in [2.75, 3.05) is 33.4 Å². The average molecular weight is 200 g/mol. The molecule has 0 spiro atoms. The van der Waals surface area contributed by atoms with Gasteiger partial charge in [0.2, 0.25) is 5.91 Å². The van der Waals surface area contributed by atoms with E-state index in [9.17, 15) is 4.79 Å². The lowest BCUT2D eigenvalue weighted by Gasteiger charge is -2.31. The van der Waals surface area contributed by atoms with Crippen LogP contribution >= 0.6 is 0 Å². The van der Waals surface area contributed by atoms with E-state index in [0.29, 0.717) is 19.1 Å². The number of hydrogen-bond acceptors (Lipinski definition) is 3. The van der Waals surface area contributed by atoms with E-state index in [-0.39, 0.29) is 11.9 Å². The third kappa shape index (κ3) is 2.69. The second-order valence-corrected chi connectivity index (χ2v) is 3.95. The Balaban J connectivity index is 2.52. The number of carbonyl (C=O) groups is 1. The highest BCUT2D eigenvalue weighted by atomic mass is 16.5. The molecule has 14 heavy (non-hydrogen) atoms. The molecule has 1 atom stereocenters. The van der Waals surface area contributed by atoms with Crippen molar-refractivity contribution in [3.8, 4) is 0 Å². The van der Waals surface area contributed by atoms with Crippen molar-refractivity contribution < 1.29 is 9.53 Å². The molecule has 1 rings (SSSR count). The van der Waals surface area contributed by atoms with Crippen LogP contribution in [0.5, 0.6) is 0 Å². The smallest absolute Gasteiger partial charge is 0.240 e. The van der Waals surface area contributed by atoms with Crippen molar-refractivity contribution in [2.24, 2.45) is 5.92 Å². The van der Waals surface area contributed by atoms with Crippen molar-refractivity contribution in [2.45, 2.75) is 19.9 Å². The number of rotatable bonds is 3. The highest BCUT2D eigenvalue weighted by Crippen LogP contribution is 2.07. The van der Waals surface area contributed by atoms with Gasteiger partial charge in [-0.2, -0.15) is 0 Å². The number of nitrogens with zero attached hydrogens (tertiary/aromatic N) is 1. The first-order valence-corrected chi connectivity index (χ1v) is 5.20. The van der Waals surface area contributed by atoms with Crippen LogP contribution in [0.2, 0.25) is 0 Å². The molecule has 1 aliphatic heterocycles. The molecule has 0 aromatic rings. The molecule has 1 fully saturated rings. The Morgan fingerprint density at radius 2 is 1.93 bits per heavy atom. The zero-order valence-corrected chi connectivity index (χ0v) is 9.25. The van der Waals surface area contributed by atoms with Crippen molar-refractivity contribution in [3.63, 3.8) is 0 Å². The Labute approximate surface area is 85.6 Å². The van der Waals surface area contributed by atoms with E-state index in [4.69, 9.17) is 4.74 Å². The number of likely N-dealkylation sites (N-methyl/N-ethyl adjacent to an activating group) is 1. The Morgan fingerprint density at radius 3 is 2.36 bits per heavy atom. The largest absolute Gasteiger partial charge is 0.378 e. The van der Waals surface area contributed by atoms with E-state index in [1.54, 1.807) is 0 Å². The van der Waals surface area contributed by atoms with Crippen molar-refractivity contribution in [1.82, 2.24) is 10.2 Å². The zero-order valence-electron chi connectivity index (χ0n) is 9.25. The number of ether oxygens (including phenoxy) is 1. The molecule has 0 aliphatic carbocycles. The molecule has 1 N–H and O–H groups in total. The van der Waals surface area contributed by atoms with E-state index >= 15 is 0 Å². The maximum absolute atomic E-state index is 12.0. The minimum absolute atomic E-state index is 0.0619. The van der Waals surface area contributed by atoms with Gasteiger partial charge in [0.05, 0.1) is 19.3 Å². The lowest BCUT2D eigenvalue weighted by atomic mass is 10.0. The summed E-state index contributed by atoms with van der Waals surface area (Å²) < 4.78 is 5.21. The van der Waals surface area contributed by atoms with Crippen LogP contribution in [-0.2, 0) is 9.53 Å². The molecule has 82 valence electrons. The average Bonchev–Trinajstić information content (AvgIpc) is 2.19. The second kappa shape index (κ2) is 5.32. The predicted octanol–water partition coefficient (Wildman–Crippen LogP) is 0.0892. The molecule has 1 amide bonds. The normalized spacial score (nSPS) is 19.9. The SMILES string of the molecule is CNC(C(=O)N1CCOCC1)C(C)C. The summed E-state index contributed by atoms with van der Waals surface area (Å²) in [6.07, 6.45) is 0. The molecule has 0 aromatic carbocycles. The first-order valence-electron chi connectivity index (χ1n) is 5.20. The minimum atomic E-state index is -0.0619. The van der Waals surface area contributed by atoms with Gasteiger partial charge in [0.15, 0.2) is 0 Å². The third-order valence-electron chi connectivity index (χ3n) is 2.57. The van der Waals surface area contributed by atoms with Gasteiger partial charge in [-0.05, 0) is 13.0 Å². The van der Waals surface area contributed by atoms with E-state index in [1.807, 2.05) is 11.9 Å². The molecule has 1 saturated heterocycles. The predicted molar refractivity (Wildman–Crippen MR) is 55.1 cm³/mol. The van der Waals surface area contributed by atoms with Gasteiger partial charge in [0, 0.05) is 13.1 Å². The summed E-state index contributed by atoms with van der Waals surface area (Å²) in [5, 5.41) is 3.07. The van der Waals surface area contributed by atoms with Crippen LogP contribution < -0.4 is 5.32 Å². The summed E-state index contributed by atoms with van der Waals surface area (Å²) in [6, 6.07) is -0.0619. The van der Waals surface area contributed by atoms with Crippen LogP contribution in [0.1, 0.15) is 13.8 Å². The van der Waals surface area contributed by atoms with Gasteiger partial charge in [-0.3, -0.25) is 4.79 Å². The monoisotopic (exact) mass is 200 g/mol. The molecule has 1 aliphatic rings. The first kappa shape index (κ1) is 11.5. The highest BCUT2D eigenvalue weighted by Gasteiger charge is 2.26. The van der Waals surface area contributed by atoms with Crippen LogP contribution in [0, 0.1) is 5.92 Å². The number of morpholine rings is 1. The van der Waals surface area contributed by atoms with Crippen molar-refractivity contribution in [3.05, 3.63) is 0 Å². The Morgan fingerprint density at radius 1 is 1.36 bits per heavy atom. The quantitative estimate of drug-likeness (QED) is 0.702. The van der Waals surface area contributed by atoms with E-state index in [2.05, 4.69) is 19.2 Å². The van der Waals surface area contributed by atoms with Crippen molar-refractivity contribution in [1.29, 1.82) is 0 Å². The van der Waals surface area contributed by atoms with Gasteiger partial charge in [0.25, 0.3) is 0 Å². The lowest BCUT2D eigenvalue weighted by molar-refractivity contribution is -0.138. The molecule has 0 radical (unpaired) electrons. The maximum Gasteiger partial charge on any atom is 0.240 e. The summed E-state index contributed by atoms with van der Waals surface area (Å²) in [5.41, 5.74) is 0. The van der Waals surface area contributed by atoms with Gasteiger partial charge in [0.1, 0.15) is 0 Å². The summed E-state index contributed by atoms with van der Waals surface area (Å²) in [4.78, 5) is 13.9. The Bertz CT molecular complexity index is 189. The molecular weight excluding hydrogens is 180 g/mol. The Hall–Kier alpha value is -0.610. The molecule has 4 heteroatoms. The topological polar surface area (TPSA) is 41.6 Å². The van der Waals surface area contributed by atoms with Crippen molar-refractivity contribution >= 4 is 5.91 Å². The van der Waals surface area contributed by atoms with E-state index < -0.39 is 0 Å². The van der Waals surface area contributed by atoms with Crippen LogP contribution in [-0.4, -0.2) is 50.2 Å². The fourth-order valence-corrected chi connectivity index (χ4v) is 1.72. The first-order chi connectivity index (χ1) is 6.66. The number of carbonyl (C=O) groups excluding carboxylic acids is 1. The van der Waals surface area contributed by atoms with Crippen LogP contribution in [0.25, 0.3) is 0 Å². The molecule has 1 heterocycles. The van der Waals surface area contributed by atoms with Gasteiger partial charge in [-0.1, -0.05) is 13.8 Å². The molecule has 0 bridgehead atoms. The molecular formula is C10H20N2O2.